The number of carbonyl (C=O) groups is 3. The summed E-state index contributed by atoms with van der Waals surface area (Å²) in [5.41, 5.74) is 1.21. The minimum Gasteiger partial charge on any atom is -0.461 e. The number of carbonyl (C=O) groups excluding carboxylic acids is 3. The van der Waals surface area contributed by atoms with Crippen LogP contribution in [0.5, 0.6) is 0 Å². The standard InChI is InChI=1S/C24H23N3O5S/c1-3-31-22(28)19-14-17(15-20(26-19)23(29)32-4-2)33-21-13-9-8-12-18(21)27-24(30)25-16-10-6-5-7-11-16/h5-15H,3-4H2,1-2H3,(H2,25,27,30). The van der Waals surface area contributed by atoms with E-state index in [4.69, 9.17) is 9.47 Å². The largest absolute Gasteiger partial charge is 0.461 e. The summed E-state index contributed by atoms with van der Waals surface area (Å²) < 4.78 is 10.1. The van der Waals surface area contributed by atoms with E-state index < -0.39 is 18.0 Å². The normalized spacial score (nSPS) is 10.2. The lowest BCUT2D eigenvalue weighted by Crippen LogP contribution is -2.19. The van der Waals surface area contributed by atoms with Gasteiger partial charge in [-0.3, -0.25) is 0 Å². The number of anilines is 2. The molecular weight excluding hydrogens is 442 g/mol. The van der Waals surface area contributed by atoms with Crippen LogP contribution in [-0.2, 0) is 9.47 Å². The van der Waals surface area contributed by atoms with Crippen LogP contribution in [0.1, 0.15) is 34.8 Å². The summed E-state index contributed by atoms with van der Waals surface area (Å²) in [6.45, 7) is 3.72. The fraction of sp³-hybridized carbons (Fsp3) is 0.167. The average molecular weight is 466 g/mol. The van der Waals surface area contributed by atoms with Gasteiger partial charge in [0.2, 0.25) is 0 Å². The van der Waals surface area contributed by atoms with Gasteiger partial charge in [0, 0.05) is 15.5 Å². The maximum Gasteiger partial charge on any atom is 0.356 e. The fourth-order valence-electron chi connectivity index (χ4n) is 2.78. The molecule has 33 heavy (non-hydrogen) atoms. The number of amides is 2. The van der Waals surface area contributed by atoms with Crippen molar-refractivity contribution >= 4 is 41.1 Å². The second-order valence-electron chi connectivity index (χ2n) is 6.56. The van der Waals surface area contributed by atoms with Crippen LogP contribution in [0, 0.1) is 0 Å². The van der Waals surface area contributed by atoms with Crippen molar-refractivity contribution in [3.8, 4) is 0 Å². The molecular formula is C24H23N3O5S. The second-order valence-corrected chi connectivity index (χ2v) is 7.67. The maximum absolute atomic E-state index is 12.5. The lowest BCUT2D eigenvalue weighted by Gasteiger charge is -2.13. The molecule has 1 heterocycles. The zero-order chi connectivity index (χ0) is 23.6. The molecule has 0 atom stereocenters. The summed E-state index contributed by atoms with van der Waals surface area (Å²) in [5, 5.41) is 5.59. The molecule has 1 aromatic heterocycles. The molecule has 0 saturated heterocycles. The first-order valence-corrected chi connectivity index (χ1v) is 11.1. The van der Waals surface area contributed by atoms with Gasteiger partial charge in [0.25, 0.3) is 0 Å². The van der Waals surface area contributed by atoms with Gasteiger partial charge in [-0.15, -0.1) is 0 Å². The molecule has 0 saturated carbocycles. The van der Waals surface area contributed by atoms with E-state index in [2.05, 4.69) is 15.6 Å². The van der Waals surface area contributed by atoms with Crippen LogP contribution in [0.2, 0.25) is 0 Å². The molecule has 3 aromatic rings. The number of urea groups is 1. The number of pyridine rings is 1. The van der Waals surface area contributed by atoms with Crippen molar-refractivity contribution in [3.63, 3.8) is 0 Å². The number of para-hydroxylation sites is 2. The van der Waals surface area contributed by atoms with E-state index >= 15 is 0 Å². The van der Waals surface area contributed by atoms with Crippen LogP contribution < -0.4 is 10.6 Å². The first-order valence-electron chi connectivity index (χ1n) is 10.3. The summed E-state index contributed by atoms with van der Waals surface area (Å²) in [5.74, 6) is -1.28. The highest BCUT2D eigenvalue weighted by Crippen LogP contribution is 2.34. The highest BCUT2D eigenvalue weighted by Gasteiger charge is 2.18. The van der Waals surface area contributed by atoms with Crippen LogP contribution in [-0.4, -0.2) is 36.2 Å². The van der Waals surface area contributed by atoms with Crippen molar-refractivity contribution in [1.29, 1.82) is 0 Å². The molecule has 8 nitrogen and oxygen atoms in total. The third kappa shape index (κ3) is 6.81. The van der Waals surface area contributed by atoms with Gasteiger partial charge in [-0.25, -0.2) is 19.4 Å². The molecule has 0 aliphatic heterocycles. The SMILES string of the molecule is CCOC(=O)c1cc(Sc2ccccc2NC(=O)Nc2ccccc2)cc(C(=O)OCC)n1. The van der Waals surface area contributed by atoms with E-state index in [9.17, 15) is 14.4 Å². The van der Waals surface area contributed by atoms with Crippen LogP contribution >= 0.6 is 11.8 Å². The van der Waals surface area contributed by atoms with E-state index in [1.165, 1.54) is 23.9 Å². The summed E-state index contributed by atoms with van der Waals surface area (Å²) in [6.07, 6.45) is 0. The fourth-order valence-corrected chi connectivity index (χ4v) is 3.75. The summed E-state index contributed by atoms with van der Waals surface area (Å²) in [6, 6.07) is 18.9. The molecule has 0 radical (unpaired) electrons. The molecule has 2 aromatic carbocycles. The third-order valence-corrected chi connectivity index (χ3v) is 5.21. The summed E-state index contributed by atoms with van der Waals surface area (Å²) >= 11 is 1.26. The van der Waals surface area contributed by atoms with Crippen molar-refractivity contribution in [3.05, 3.63) is 78.1 Å². The number of aromatic nitrogens is 1. The molecule has 3 rings (SSSR count). The second kappa shape index (κ2) is 11.7. The monoisotopic (exact) mass is 465 g/mol. The van der Waals surface area contributed by atoms with Crippen molar-refractivity contribution < 1.29 is 23.9 Å². The quantitative estimate of drug-likeness (QED) is 0.439. The van der Waals surface area contributed by atoms with Gasteiger partial charge < -0.3 is 20.1 Å². The van der Waals surface area contributed by atoms with Crippen molar-refractivity contribution in [2.75, 3.05) is 23.8 Å². The van der Waals surface area contributed by atoms with Crippen LogP contribution in [0.3, 0.4) is 0 Å². The van der Waals surface area contributed by atoms with Gasteiger partial charge in [0.05, 0.1) is 18.9 Å². The average Bonchev–Trinajstić information content (AvgIpc) is 2.81. The molecule has 0 aliphatic rings. The number of nitrogens with one attached hydrogen (secondary N) is 2. The summed E-state index contributed by atoms with van der Waals surface area (Å²) in [4.78, 5) is 42.3. The molecule has 2 N–H and O–H groups in total. The van der Waals surface area contributed by atoms with Gasteiger partial charge in [-0.1, -0.05) is 42.1 Å². The van der Waals surface area contributed by atoms with E-state index in [0.29, 0.717) is 21.2 Å². The Hall–Kier alpha value is -3.85. The zero-order valence-corrected chi connectivity index (χ0v) is 19.0. The number of ether oxygens (including phenoxy) is 2. The first kappa shape index (κ1) is 23.8. The highest BCUT2D eigenvalue weighted by atomic mass is 32.2. The number of hydrogen-bond acceptors (Lipinski definition) is 7. The minimum absolute atomic E-state index is 0.00263. The van der Waals surface area contributed by atoms with Crippen LogP contribution in [0.25, 0.3) is 0 Å². The van der Waals surface area contributed by atoms with Gasteiger partial charge in [0.1, 0.15) is 11.4 Å². The molecule has 0 unspecified atom stereocenters. The van der Waals surface area contributed by atoms with Gasteiger partial charge in [0.15, 0.2) is 0 Å². The predicted octanol–water partition coefficient (Wildman–Crippen LogP) is 5.23. The van der Waals surface area contributed by atoms with E-state index in [1.54, 1.807) is 38.1 Å². The zero-order valence-electron chi connectivity index (χ0n) is 18.2. The number of nitrogens with zero attached hydrogens (tertiary/aromatic N) is 1. The Labute approximate surface area is 195 Å². The van der Waals surface area contributed by atoms with Crippen LogP contribution in [0.4, 0.5) is 16.2 Å². The molecule has 0 aliphatic carbocycles. The Balaban J connectivity index is 1.85. The third-order valence-electron chi connectivity index (χ3n) is 4.16. The topological polar surface area (TPSA) is 107 Å². The smallest absolute Gasteiger partial charge is 0.356 e. The molecule has 0 fully saturated rings. The Bertz CT molecular complexity index is 1100. The Morgan fingerprint density at radius 1 is 0.818 bits per heavy atom. The molecule has 0 spiro atoms. The van der Waals surface area contributed by atoms with E-state index in [1.807, 2.05) is 30.3 Å². The molecule has 9 heteroatoms. The Morgan fingerprint density at radius 3 is 2.00 bits per heavy atom. The molecule has 170 valence electrons. The lowest BCUT2D eigenvalue weighted by atomic mass is 10.3. The lowest BCUT2D eigenvalue weighted by molar-refractivity contribution is 0.0510. The molecule has 0 bridgehead atoms. The summed E-state index contributed by atoms with van der Waals surface area (Å²) in [7, 11) is 0. The number of rotatable bonds is 8. The number of benzene rings is 2. The predicted molar refractivity (Wildman–Crippen MR) is 126 cm³/mol. The maximum atomic E-state index is 12.5. The van der Waals surface area contributed by atoms with Gasteiger partial charge in [-0.05, 0) is 50.2 Å². The number of hydrogen-bond donors (Lipinski definition) is 2. The molecule has 2 amide bonds. The Morgan fingerprint density at radius 2 is 1.39 bits per heavy atom. The van der Waals surface area contributed by atoms with Gasteiger partial charge in [-0.2, -0.15) is 0 Å². The van der Waals surface area contributed by atoms with E-state index in [-0.39, 0.29) is 24.6 Å². The Kier molecular flexibility index (Phi) is 8.43. The minimum atomic E-state index is -0.640. The highest BCUT2D eigenvalue weighted by molar-refractivity contribution is 7.99. The first-order chi connectivity index (χ1) is 16.0. The number of esters is 2. The van der Waals surface area contributed by atoms with Gasteiger partial charge >= 0.3 is 18.0 Å². The van der Waals surface area contributed by atoms with Crippen molar-refractivity contribution in [2.24, 2.45) is 0 Å². The van der Waals surface area contributed by atoms with Crippen molar-refractivity contribution in [1.82, 2.24) is 4.98 Å². The van der Waals surface area contributed by atoms with E-state index in [0.717, 1.165) is 0 Å². The van der Waals surface area contributed by atoms with Crippen molar-refractivity contribution in [2.45, 2.75) is 23.6 Å². The van der Waals surface area contributed by atoms with Crippen LogP contribution in [0.15, 0.2) is 76.5 Å².